The van der Waals surface area contributed by atoms with E-state index in [0.29, 0.717) is 21.4 Å². The summed E-state index contributed by atoms with van der Waals surface area (Å²) >= 11 is 12.1. The van der Waals surface area contributed by atoms with Gasteiger partial charge >= 0.3 is 6.03 Å². The molecule has 5 nitrogen and oxygen atoms in total. The number of urea groups is 1. The summed E-state index contributed by atoms with van der Waals surface area (Å²) in [5.41, 5.74) is 6.14. The molecule has 1 saturated carbocycles. The third kappa shape index (κ3) is 2.29. The molecular weight excluding hydrogens is 356 g/mol. The fourth-order valence-corrected chi connectivity index (χ4v) is 3.79. The number of halogens is 3. The highest BCUT2D eigenvalue weighted by molar-refractivity contribution is 6.31. The smallest absolute Gasteiger partial charge is 0.320 e. The number of rotatable bonds is 2. The first-order chi connectivity index (χ1) is 11.5. The summed E-state index contributed by atoms with van der Waals surface area (Å²) in [5.74, 6) is -0.0717. The highest BCUT2D eigenvalue weighted by atomic mass is 35.5. The molecular formula is C16H12Cl2FN3O2. The molecule has 1 aliphatic heterocycles. The van der Waals surface area contributed by atoms with Crippen molar-refractivity contribution in [3.05, 3.63) is 51.9 Å². The summed E-state index contributed by atoms with van der Waals surface area (Å²) < 4.78 is 19.5. The Bertz CT molecular complexity index is 831. The fourth-order valence-electron chi connectivity index (χ4n) is 3.40. The monoisotopic (exact) mass is 367 g/mol. The van der Waals surface area contributed by atoms with Crippen LogP contribution >= 0.6 is 23.2 Å². The van der Waals surface area contributed by atoms with Crippen molar-refractivity contribution in [3.63, 3.8) is 0 Å². The first kappa shape index (κ1) is 15.5. The lowest BCUT2D eigenvalue weighted by atomic mass is 10.1. The largest absolute Gasteiger partial charge is 0.490 e. The van der Waals surface area contributed by atoms with Gasteiger partial charge in [-0.1, -0.05) is 23.2 Å². The van der Waals surface area contributed by atoms with E-state index >= 15 is 0 Å². The van der Waals surface area contributed by atoms with Gasteiger partial charge in [-0.05, 0) is 24.3 Å². The number of ether oxygens (including phenoxy) is 1. The quantitative estimate of drug-likeness (QED) is 0.881. The maximum Gasteiger partial charge on any atom is 0.320 e. The number of hydrogen-bond acceptors (Lipinski definition) is 3. The van der Waals surface area contributed by atoms with Gasteiger partial charge in [-0.3, -0.25) is 4.90 Å². The van der Waals surface area contributed by atoms with E-state index < -0.39 is 11.8 Å². The summed E-state index contributed by atoms with van der Waals surface area (Å²) in [4.78, 5) is 17.6. The van der Waals surface area contributed by atoms with E-state index in [2.05, 4.69) is 4.98 Å². The lowest BCUT2D eigenvalue weighted by Gasteiger charge is -2.20. The third-order valence-corrected chi connectivity index (χ3v) is 5.02. The Hall–Kier alpha value is -2.05. The lowest BCUT2D eigenvalue weighted by molar-refractivity contribution is 0.251. The molecule has 0 spiro atoms. The number of hydrogen-bond donors (Lipinski definition) is 1. The Balaban J connectivity index is 1.74. The third-order valence-electron chi connectivity index (χ3n) is 4.47. The van der Waals surface area contributed by atoms with Gasteiger partial charge in [-0.25, -0.2) is 14.2 Å². The summed E-state index contributed by atoms with van der Waals surface area (Å²) in [6, 6.07) is 5.09. The Kier molecular flexibility index (Phi) is 3.54. The number of fused-ring (bicyclic) bond motifs is 3. The number of nitrogens with zero attached hydrogens (tertiary/aromatic N) is 2. The number of carbonyl (C=O) groups excluding carboxylic acids is 1. The molecule has 0 bridgehead atoms. The van der Waals surface area contributed by atoms with Crippen LogP contribution in [0.3, 0.4) is 0 Å². The van der Waals surface area contributed by atoms with Crippen molar-refractivity contribution in [3.8, 4) is 5.75 Å². The van der Waals surface area contributed by atoms with Gasteiger partial charge in [0.25, 0.3) is 0 Å². The van der Waals surface area contributed by atoms with E-state index in [0.717, 1.165) is 0 Å². The van der Waals surface area contributed by atoms with Gasteiger partial charge in [-0.2, -0.15) is 0 Å². The van der Waals surface area contributed by atoms with Crippen molar-refractivity contribution in [1.29, 1.82) is 0 Å². The first-order valence-electron chi connectivity index (χ1n) is 7.30. The van der Waals surface area contributed by atoms with Gasteiger partial charge in [0.05, 0.1) is 17.7 Å². The molecule has 1 aliphatic carbocycles. The van der Waals surface area contributed by atoms with Gasteiger partial charge in [0.1, 0.15) is 5.82 Å². The van der Waals surface area contributed by atoms with Crippen LogP contribution in [-0.4, -0.2) is 23.7 Å². The van der Waals surface area contributed by atoms with Crippen LogP contribution in [0.2, 0.25) is 10.0 Å². The number of nitrogens with two attached hydrogens (primary N) is 1. The molecule has 2 aliphatic rings. The Morgan fingerprint density at radius 1 is 1.33 bits per heavy atom. The SMILES string of the molecule is NC(=O)N(c1ccc(Cl)cn1)C1[C@H]2COc3c(F)ccc(Cl)c3[C@@H]12. The van der Waals surface area contributed by atoms with Crippen molar-refractivity contribution in [2.75, 3.05) is 11.5 Å². The van der Waals surface area contributed by atoms with Gasteiger partial charge in [0.2, 0.25) is 0 Å². The molecule has 1 fully saturated rings. The van der Waals surface area contributed by atoms with Crippen LogP contribution in [0.1, 0.15) is 11.5 Å². The van der Waals surface area contributed by atoms with Gasteiger partial charge < -0.3 is 10.5 Å². The number of benzene rings is 1. The minimum absolute atomic E-state index is 0.0122. The molecule has 24 heavy (non-hydrogen) atoms. The van der Waals surface area contributed by atoms with E-state index in [4.69, 9.17) is 33.7 Å². The molecule has 0 saturated heterocycles. The second kappa shape index (κ2) is 5.50. The fraction of sp³-hybridized carbons (Fsp3) is 0.250. The van der Waals surface area contributed by atoms with Crippen molar-refractivity contribution < 1.29 is 13.9 Å². The highest BCUT2D eigenvalue weighted by Crippen LogP contribution is 2.59. The predicted molar refractivity (Wildman–Crippen MR) is 88.2 cm³/mol. The summed E-state index contributed by atoms with van der Waals surface area (Å²) in [7, 11) is 0. The second-order valence-corrected chi connectivity index (χ2v) is 6.65. The van der Waals surface area contributed by atoms with Crippen molar-refractivity contribution in [2.24, 2.45) is 11.7 Å². The molecule has 1 aromatic carbocycles. The average Bonchev–Trinajstić information content (AvgIpc) is 3.26. The van der Waals surface area contributed by atoms with Crippen LogP contribution in [0, 0.1) is 11.7 Å². The molecule has 124 valence electrons. The molecule has 3 atom stereocenters. The minimum Gasteiger partial charge on any atom is -0.490 e. The highest BCUT2D eigenvalue weighted by Gasteiger charge is 2.60. The second-order valence-electron chi connectivity index (χ2n) is 5.81. The van der Waals surface area contributed by atoms with Gasteiger partial charge in [0, 0.05) is 28.6 Å². The molecule has 2 amide bonds. The maximum atomic E-state index is 14.0. The number of pyridine rings is 1. The van der Waals surface area contributed by atoms with E-state index in [1.807, 2.05) is 0 Å². The van der Waals surface area contributed by atoms with Crippen molar-refractivity contribution in [1.82, 2.24) is 4.98 Å². The molecule has 0 radical (unpaired) electrons. The van der Waals surface area contributed by atoms with E-state index in [1.54, 1.807) is 12.1 Å². The van der Waals surface area contributed by atoms with Crippen molar-refractivity contribution in [2.45, 2.75) is 12.0 Å². The zero-order chi connectivity index (χ0) is 17.0. The summed E-state index contributed by atoms with van der Waals surface area (Å²) in [6.45, 7) is 0.289. The van der Waals surface area contributed by atoms with Crippen LogP contribution in [0.4, 0.5) is 15.0 Å². The molecule has 8 heteroatoms. The molecule has 1 unspecified atom stereocenters. The van der Waals surface area contributed by atoms with Crippen LogP contribution in [0.25, 0.3) is 0 Å². The average molecular weight is 368 g/mol. The van der Waals surface area contributed by atoms with Gasteiger partial charge in [0.15, 0.2) is 11.6 Å². The molecule has 4 rings (SSSR count). The Morgan fingerprint density at radius 3 is 2.79 bits per heavy atom. The van der Waals surface area contributed by atoms with E-state index in [9.17, 15) is 9.18 Å². The standard InChI is InChI=1S/C16H12Cl2FN3O2/c17-7-1-4-11(21-5-7)22(16(20)23)14-8-6-24-15-10(19)3-2-9(18)13(15)12(8)14/h1-5,8,12,14H,6H2,(H2,20,23)/t8-,12-,14?/m0/s1. The summed E-state index contributed by atoms with van der Waals surface area (Å²) in [5, 5.41) is 0.868. The number of carbonyl (C=O) groups is 1. The van der Waals surface area contributed by atoms with Crippen LogP contribution in [-0.2, 0) is 0 Å². The van der Waals surface area contributed by atoms with E-state index in [-0.39, 0.29) is 30.2 Å². The molecule has 1 aromatic heterocycles. The Morgan fingerprint density at radius 2 is 2.12 bits per heavy atom. The van der Waals surface area contributed by atoms with E-state index in [1.165, 1.54) is 23.2 Å². The van der Waals surface area contributed by atoms with Gasteiger partial charge in [-0.15, -0.1) is 0 Å². The van der Waals surface area contributed by atoms with Crippen LogP contribution in [0.15, 0.2) is 30.5 Å². The number of primary amides is 1. The van der Waals surface area contributed by atoms with Crippen molar-refractivity contribution >= 4 is 35.1 Å². The first-order valence-corrected chi connectivity index (χ1v) is 8.05. The number of amides is 2. The normalized spacial score (nSPS) is 23.7. The zero-order valence-corrected chi connectivity index (χ0v) is 13.8. The zero-order valence-electron chi connectivity index (χ0n) is 12.2. The summed E-state index contributed by atoms with van der Waals surface area (Å²) in [6.07, 6.45) is 1.44. The molecule has 2 heterocycles. The number of anilines is 1. The van der Waals surface area contributed by atoms with Crippen LogP contribution in [0.5, 0.6) is 5.75 Å². The topological polar surface area (TPSA) is 68.5 Å². The maximum absolute atomic E-state index is 14.0. The molecule has 2 N–H and O–H groups in total. The lowest BCUT2D eigenvalue weighted by Crippen LogP contribution is -2.39. The predicted octanol–water partition coefficient (Wildman–Crippen LogP) is 3.59. The Labute approximate surface area is 147 Å². The van der Waals surface area contributed by atoms with Crippen LogP contribution < -0.4 is 15.4 Å². The molecule has 2 aromatic rings. The number of aromatic nitrogens is 1. The minimum atomic E-state index is -0.640.